The molecule has 0 bridgehead atoms. The van der Waals surface area contributed by atoms with Gasteiger partial charge in [0.05, 0.1) is 15.8 Å². The first-order chi connectivity index (χ1) is 12.6. The van der Waals surface area contributed by atoms with Crippen molar-refractivity contribution in [3.63, 3.8) is 0 Å². The highest BCUT2D eigenvalue weighted by atomic mass is 35.5. The molecule has 6 heteroatoms. The number of carbonyl (C=O) groups is 1. The van der Waals surface area contributed by atoms with Crippen molar-refractivity contribution >= 4 is 45.7 Å². The second-order valence-electron chi connectivity index (χ2n) is 5.57. The molecule has 0 radical (unpaired) electrons. The minimum Gasteiger partial charge on any atom is -0.439 e. The van der Waals surface area contributed by atoms with Gasteiger partial charge in [-0.05, 0) is 41.3 Å². The number of benzene rings is 2. The number of hydrogen-bond acceptors (Lipinski definition) is 4. The molecule has 4 nitrogen and oxygen atoms in total. The van der Waals surface area contributed by atoms with Gasteiger partial charge in [-0.3, -0.25) is 14.9 Å². The van der Waals surface area contributed by atoms with Crippen LogP contribution < -0.4 is 10.7 Å². The van der Waals surface area contributed by atoms with E-state index in [0.717, 1.165) is 0 Å². The summed E-state index contributed by atoms with van der Waals surface area (Å²) in [5.41, 5.74) is 1.04. The smallest absolute Gasteiger partial charge is 0.268 e. The summed E-state index contributed by atoms with van der Waals surface area (Å²) in [6, 6.07) is 17.3. The third-order valence-electron chi connectivity index (χ3n) is 3.88. The summed E-state index contributed by atoms with van der Waals surface area (Å²) in [5, 5.41) is 5.47. The van der Waals surface area contributed by atoms with E-state index in [4.69, 9.17) is 16.0 Å². The molecule has 1 amide bonds. The minimum absolute atomic E-state index is 0.106. The Morgan fingerprint density at radius 1 is 1.04 bits per heavy atom. The predicted octanol–water partition coefficient (Wildman–Crippen LogP) is 5.43. The summed E-state index contributed by atoms with van der Waals surface area (Å²) in [5.74, 6) is -0.226. The summed E-state index contributed by atoms with van der Waals surface area (Å²) < 4.78 is 5.87. The van der Waals surface area contributed by atoms with Crippen LogP contribution in [0.1, 0.15) is 9.67 Å². The molecule has 0 aliphatic carbocycles. The maximum Gasteiger partial charge on any atom is 0.268 e. The van der Waals surface area contributed by atoms with Crippen molar-refractivity contribution in [2.75, 3.05) is 5.32 Å². The molecule has 0 saturated heterocycles. The standard InChI is InChI=1S/C20H12ClNO3S/c21-13-6-3-5-12(11-13)17-18(23)14-7-1-2-8-15(14)25-20(17)22-19(24)16-9-4-10-26-16/h1-11H,(H,22,24). The van der Waals surface area contributed by atoms with Crippen LogP contribution in [0.3, 0.4) is 0 Å². The van der Waals surface area contributed by atoms with Crippen LogP contribution in [0.2, 0.25) is 5.02 Å². The third kappa shape index (κ3) is 3.03. The van der Waals surface area contributed by atoms with E-state index >= 15 is 0 Å². The van der Waals surface area contributed by atoms with Gasteiger partial charge >= 0.3 is 0 Å². The average molecular weight is 382 g/mol. The van der Waals surface area contributed by atoms with E-state index in [1.54, 1.807) is 60.7 Å². The van der Waals surface area contributed by atoms with Crippen molar-refractivity contribution in [2.45, 2.75) is 0 Å². The first-order valence-electron chi connectivity index (χ1n) is 7.80. The molecule has 2 aromatic carbocycles. The number of rotatable bonds is 3. The van der Waals surface area contributed by atoms with Crippen LogP contribution in [0, 0.1) is 0 Å². The van der Waals surface area contributed by atoms with E-state index < -0.39 is 0 Å². The van der Waals surface area contributed by atoms with Gasteiger partial charge in [0.25, 0.3) is 5.91 Å². The number of para-hydroxylation sites is 1. The van der Waals surface area contributed by atoms with E-state index in [2.05, 4.69) is 5.32 Å². The van der Waals surface area contributed by atoms with Gasteiger partial charge in [0.2, 0.25) is 11.3 Å². The SMILES string of the molecule is O=C(Nc1oc2ccccc2c(=O)c1-c1cccc(Cl)c1)c1cccs1. The lowest BCUT2D eigenvalue weighted by Gasteiger charge is -2.11. The van der Waals surface area contributed by atoms with Crippen molar-refractivity contribution in [1.29, 1.82) is 0 Å². The Morgan fingerprint density at radius 2 is 1.88 bits per heavy atom. The van der Waals surface area contributed by atoms with Crippen LogP contribution in [-0.2, 0) is 0 Å². The van der Waals surface area contributed by atoms with Gasteiger partial charge in [-0.2, -0.15) is 0 Å². The Hall–Kier alpha value is -2.89. The molecule has 1 N–H and O–H groups in total. The number of halogens is 1. The largest absolute Gasteiger partial charge is 0.439 e. The predicted molar refractivity (Wildman–Crippen MR) is 105 cm³/mol. The van der Waals surface area contributed by atoms with Crippen LogP contribution in [-0.4, -0.2) is 5.91 Å². The molecule has 128 valence electrons. The number of amides is 1. The molecule has 0 saturated carbocycles. The second kappa shape index (κ2) is 6.78. The lowest BCUT2D eigenvalue weighted by Crippen LogP contribution is -2.15. The van der Waals surface area contributed by atoms with E-state index in [1.165, 1.54) is 11.3 Å². The van der Waals surface area contributed by atoms with E-state index in [-0.39, 0.29) is 22.8 Å². The zero-order valence-corrected chi connectivity index (χ0v) is 14.9. The number of fused-ring (bicyclic) bond motifs is 1. The lowest BCUT2D eigenvalue weighted by molar-refractivity contribution is 0.102. The summed E-state index contributed by atoms with van der Waals surface area (Å²) in [6.45, 7) is 0. The number of nitrogens with one attached hydrogen (secondary N) is 1. The van der Waals surface area contributed by atoms with Crippen LogP contribution in [0.4, 0.5) is 5.88 Å². The Morgan fingerprint density at radius 3 is 2.65 bits per heavy atom. The van der Waals surface area contributed by atoms with Gasteiger partial charge in [-0.15, -0.1) is 11.3 Å². The first-order valence-corrected chi connectivity index (χ1v) is 9.06. The van der Waals surface area contributed by atoms with Gasteiger partial charge in [0.15, 0.2) is 0 Å². The Kier molecular flexibility index (Phi) is 4.32. The van der Waals surface area contributed by atoms with Crippen molar-refractivity contribution in [1.82, 2.24) is 0 Å². The maximum absolute atomic E-state index is 13.1. The quantitative estimate of drug-likeness (QED) is 0.515. The molecule has 4 aromatic rings. The van der Waals surface area contributed by atoms with Gasteiger partial charge < -0.3 is 4.42 Å². The number of carbonyl (C=O) groups excluding carboxylic acids is 1. The van der Waals surface area contributed by atoms with E-state index in [9.17, 15) is 9.59 Å². The fraction of sp³-hybridized carbons (Fsp3) is 0. The molecule has 0 spiro atoms. The van der Waals surface area contributed by atoms with Gasteiger partial charge in [0, 0.05) is 5.02 Å². The van der Waals surface area contributed by atoms with Gasteiger partial charge in [-0.1, -0.05) is 41.9 Å². The zero-order chi connectivity index (χ0) is 18.1. The molecule has 0 atom stereocenters. The van der Waals surface area contributed by atoms with Crippen molar-refractivity contribution in [2.24, 2.45) is 0 Å². The normalized spacial score (nSPS) is 10.8. The van der Waals surface area contributed by atoms with Crippen molar-refractivity contribution in [3.05, 3.63) is 86.2 Å². The molecule has 2 heterocycles. The summed E-state index contributed by atoms with van der Waals surface area (Å²) in [4.78, 5) is 26.1. The molecular formula is C20H12ClNO3S. The van der Waals surface area contributed by atoms with Crippen molar-refractivity contribution in [3.8, 4) is 11.1 Å². The highest BCUT2D eigenvalue weighted by Gasteiger charge is 2.19. The van der Waals surface area contributed by atoms with E-state index in [1.807, 2.05) is 5.38 Å². The van der Waals surface area contributed by atoms with E-state index in [0.29, 0.717) is 26.4 Å². The fourth-order valence-electron chi connectivity index (χ4n) is 2.71. The number of thiophene rings is 1. The highest BCUT2D eigenvalue weighted by molar-refractivity contribution is 7.12. The van der Waals surface area contributed by atoms with Crippen LogP contribution in [0.5, 0.6) is 0 Å². The van der Waals surface area contributed by atoms with Crippen LogP contribution in [0.25, 0.3) is 22.1 Å². The molecule has 0 aliphatic rings. The molecule has 26 heavy (non-hydrogen) atoms. The third-order valence-corrected chi connectivity index (χ3v) is 4.99. The molecule has 0 fully saturated rings. The molecule has 0 unspecified atom stereocenters. The lowest BCUT2D eigenvalue weighted by atomic mass is 10.0. The Labute approximate surface area is 157 Å². The number of anilines is 1. The fourth-order valence-corrected chi connectivity index (χ4v) is 3.52. The molecule has 4 rings (SSSR count). The van der Waals surface area contributed by atoms with Crippen molar-refractivity contribution < 1.29 is 9.21 Å². The number of hydrogen-bond donors (Lipinski definition) is 1. The zero-order valence-electron chi connectivity index (χ0n) is 13.4. The highest BCUT2D eigenvalue weighted by Crippen LogP contribution is 2.30. The summed E-state index contributed by atoms with van der Waals surface area (Å²) in [7, 11) is 0. The minimum atomic E-state index is -0.332. The molecule has 0 aliphatic heterocycles. The van der Waals surface area contributed by atoms with Gasteiger partial charge in [0.1, 0.15) is 5.58 Å². The molecule has 2 aromatic heterocycles. The van der Waals surface area contributed by atoms with Crippen LogP contribution >= 0.6 is 22.9 Å². The average Bonchev–Trinajstić information content (AvgIpc) is 3.17. The Balaban J connectivity index is 1.93. The summed E-state index contributed by atoms with van der Waals surface area (Å²) >= 11 is 7.40. The molecular weight excluding hydrogens is 370 g/mol. The van der Waals surface area contributed by atoms with Gasteiger partial charge in [-0.25, -0.2) is 0 Å². The Bertz CT molecular complexity index is 1170. The maximum atomic E-state index is 13.1. The van der Waals surface area contributed by atoms with Crippen LogP contribution in [0.15, 0.2) is 75.3 Å². The monoisotopic (exact) mass is 381 g/mol. The second-order valence-corrected chi connectivity index (χ2v) is 6.96. The summed E-state index contributed by atoms with van der Waals surface area (Å²) in [6.07, 6.45) is 0. The topological polar surface area (TPSA) is 59.3 Å². The first kappa shape index (κ1) is 16.6.